The second-order valence-corrected chi connectivity index (χ2v) is 6.19. The van der Waals surface area contributed by atoms with Crippen molar-refractivity contribution >= 4 is 41.4 Å². The summed E-state index contributed by atoms with van der Waals surface area (Å²) in [5.74, 6) is 0.260. The van der Waals surface area contributed by atoms with Crippen molar-refractivity contribution in [3.63, 3.8) is 0 Å². The third-order valence-electron chi connectivity index (χ3n) is 3.43. The molecule has 0 amide bonds. The van der Waals surface area contributed by atoms with Gasteiger partial charge in [0.2, 0.25) is 0 Å². The highest BCUT2D eigenvalue weighted by Gasteiger charge is 2.23. The van der Waals surface area contributed by atoms with E-state index in [1.54, 1.807) is 36.7 Å². The topological polar surface area (TPSA) is 71.1 Å². The van der Waals surface area contributed by atoms with Gasteiger partial charge in [0.15, 0.2) is 11.6 Å². The minimum Gasteiger partial charge on any atom is -0.399 e. The molecule has 1 heterocycles. The Labute approximate surface area is 165 Å². The number of rotatable bonds is 6. The van der Waals surface area contributed by atoms with Gasteiger partial charge in [-0.3, -0.25) is 4.79 Å². The van der Waals surface area contributed by atoms with Gasteiger partial charge in [-0.05, 0) is 37.5 Å². The van der Waals surface area contributed by atoms with E-state index in [4.69, 9.17) is 5.73 Å². The van der Waals surface area contributed by atoms with Crippen LogP contribution in [0.3, 0.4) is 0 Å². The number of thioether (sulfide) groups is 1. The summed E-state index contributed by atoms with van der Waals surface area (Å²) in [4.78, 5) is 17.3. The molecular formula is C21H26N4OS. The van der Waals surface area contributed by atoms with Crippen LogP contribution < -0.4 is 5.73 Å². The zero-order valence-electron chi connectivity index (χ0n) is 16.3. The van der Waals surface area contributed by atoms with Crippen molar-refractivity contribution in [3.8, 4) is 0 Å². The van der Waals surface area contributed by atoms with E-state index in [1.165, 1.54) is 11.8 Å². The zero-order valence-corrected chi connectivity index (χ0v) is 17.1. The van der Waals surface area contributed by atoms with E-state index in [2.05, 4.69) is 23.3 Å². The molecule has 2 N–H and O–H groups in total. The summed E-state index contributed by atoms with van der Waals surface area (Å²) in [6, 6.07) is 7.47. The Hall–Kier alpha value is -2.86. The first-order chi connectivity index (χ1) is 13.0. The van der Waals surface area contributed by atoms with Gasteiger partial charge in [0.05, 0.1) is 10.6 Å². The normalized spacial score (nSPS) is 15.0. The molecule has 0 fully saturated rings. The summed E-state index contributed by atoms with van der Waals surface area (Å²) < 4.78 is 0. The molecule has 0 saturated heterocycles. The summed E-state index contributed by atoms with van der Waals surface area (Å²) in [6.07, 6.45) is 5.12. The maximum absolute atomic E-state index is 12.6. The Bertz CT molecular complexity index is 834. The molecule has 1 aromatic carbocycles. The van der Waals surface area contributed by atoms with Crippen LogP contribution >= 0.6 is 11.8 Å². The average molecular weight is 383 g/mol. The lowest BCUT2D eigenvalue weighted by Gasteiger charge is -2.26. The molecule has 2 rings (SSSR count). The number of aliphatic imine (C=N–C) groups is 1. The smallest absolute Gasteiger partial charge is 0.198 e. The van der Waals surface area contributed by atoms with Crippen molar-refractivity contribution in [3.05, 3.63) is 70.8 Å². The van der Waals surface area contributed by atoms with Crippen molar-refractivity contribution in [2.75, 3.05) is 5.73 Å². The highest BCUT2D eigenvalue weighted by Crippen LogP contribution is 2.31. The summed E-state index contributed by atoms with van der Waals surface area (Å²) in [6.45, 7) is 14.9. The first kappa shape index (κ1) is 22.2. The first-order valence-corrected chi connectivity index (χ1v) is 9.48. The van der Waals surface area contributed by atoms with Crippen LogP contribution in [0.1, 0.15) is 33.3 Å². The van der Waals surface area contributed by atoms with Crippen LogP contribution in [0.4, 0.5) is 5.69 Å². The number of carbonyl (C=O) groups excluding carboxylic acids is 1. The van der Waals surface area contributed by atoms with Crippen LogP contribution in [0.15, 0.2) is 75.3 Å². The minimum absolute atomic E-state index is 0.192. The average Bonchev–Trinajstić information content (AvgIpc) is 2.69. The van der Waals surface area contributed by atoms with Gasteiger partial charge in [-0.1, -0.05) is 50.9 Å². The number of hydrazone groups is 1. The second-order valence-electron chi connectivity index (χ2n) is 5.13. The van der Waals surface area contributed by atoms with E-state index in [9.17, 15) is 4.79 Å². The summed E-state index contributed by atoms with van der Waals surface area (Å²) >= 11 is 1.19. The third kappa shape index (κ3) is 5.56. The standard InChI is InChI=1S/C19H20N4OS.C2H6/c1-5-22-23-17(15-8-7-9-16(20)12-15)10-11-21-19(23)13(3)18(24)14(4)25-6-2;1-2/h5-12H,2,4,20H2,1,3H3;1-2H3/b19-13+,22-5-;. The van der Waals surface area contributed by atoms with Crippen molar-refractivity contribution in [1.29, 1.82) is 0 Å². The van der Waals surface area contributed by atoms with E-state index in [0.29, 0.717) is 22.0 Å². The van der Waals surface area contributed by atoms with E-state index in [1.807, 2.05) is 44.2 Å². The number of allylic oxidation sites excluding steroid dienone is 3. The van der Waals surface area contributed by atoms with Gasteiger partial charge < -0.3 is 5.73 Å². The number of nitrogens with two attached hydrogens (primary N) is 1. The number of ketones is 1. The summed E-state index contributed by atoms with van der Waals surface area (Å²) in [5.41, 5.74) is 8.66. The molecule has 0 aromatic heterocycles. The first-order valence-electron chi connectivity index (χ1n) is 8.60. The van der Waals surface area contributed by atoms with E-state index >= 15 is 0 Å². The Balaban J connectivity index is 0.00000176. The van der Waals surface area contributed by atoms with Crippen molar-refractivity contribution in [2.45, 2.75) is 27.7 Å². The van der Waals surface area contributed by atoms with Gasteiger partial charge >= 0.3 is 0 Å². The fourth-order valence-corrected chi connectivity index (χ4v) is 2.75. The number of benzene rings is 1. The van der Waals surface area contributed by atoms with E-state index in [-0.39, 0.29) is 5.78 Å². The van der Waals surface area contributed by atoms with Gasteiger partial charge in [-0.25, -0.2) is 10.0 Å². The summed E-state index contributed by atoms with van der Waals surface area (Å²) in [7, 11) is 0. The molecule has 1 aliphatic heterocycles. The molecule has 0 aliphatic carbocycles. The SMILES string of the molecule is C=CSC(=C)C(=O)/C(C)=C1\N=CC=C(c2cccc(N)c2)N1/N=C\C.CC. The molecule has 0 saturated carbocycles. The van der Waals surface area contributed by atoms with E-state index < -0.39 is 0 Å². The Morgan fingerprint density at radius 1 is 1.37 bits per heavy atom. The Morgan fingerprint density at radius 3 is 2.67 bits per heavy atom. The van der Waals surface area contributed by atoms with Crippen molar-refractivity contribution in [1.82, 2.24) is 5.01 Å². The number of nitrogens with zero attached hydrogens (tertiary/aromatic N) is 3. The van der Waals surface area contributed by atoms with Gasteiger partial charge in [0.25, 0.3) is 0 Å². The minimum atomic E-state index is -0.192. The monoisotopic (exact) mass is 382 g/mol. The van der Waals surface area contributed by atoms with Gasteiger partial charge in [0.1, 0.15) is 0 Å². The maximum atomic E-state index is 12.6. The van der Waals surface area contributed by atoms with Crippen LogP contribution in [0.2, 0.25) is 0 Å². The molecule has 6 heteroatoms. The lowest BCUT2D eigenvalue weighted by Crippen LogP contribution is -2.21. The molecular weight excluding hydrogens is 356 g/mol. The summed E-state index contributed by atoms with van der Waals surface area (Å²) in [5, 5.41) is 7.58. The number of anilines is 1. The van der Waals surface area contributed by atoms with E-state index in [0.717, 1.165) is 11.3 Å². The van der Waals surface area contributed by atoms with Crippen molar-refractivity contribution in [2.24, 2.45) is 10.1 Å². The fourth-order valence-electron chi connectivity index (χ4n) is 2.29. The number of hydrogen-bond acceptors (Lipinski definition) is 6. The lowest BCUT2D eigenvalue weighted by molar-refractivity contribution is -0.111. The molecule has 142 valence electrons. The highest BCUT2D eigenvalue weighted by atomic mass is 32.2. The Kier molecular flexibility index (Phi) is 9.02. The number of hydrogen-bond donors (Lipinski definition) is 1. The van der Waals surface area contributed by atoms with Crippen molar-refractivity contribution < 1.29 is 4.79 Å². The highest BCUT2D eigenvalue weighted by molar-refractivity contribution is 8.06. The van der Waals surface area contributed by atoms with Crippen LogP contribution in [0.25, 0.3) is 5.70 Å². The number of Topliss-reactive ketones (excluding diaryl/α,β-unsaturated/α-hetero) is 1. The van der Waals surface area contributed by atoms with Crippen LogP contribution in [-0.4, -0.2) is 23.2 Å². The molecule has 0 spiro atoms. The predicted octanol–water partition coefficient (Wildman–Crippen LogP) is 5.22. The van der Waals surface area contributed by atoms with Crippen LogP contribution in [0.5, 0.6) is 0 Å². The van der Waals surface area contributed by atoms with Gasteiger partial charge in [-0.15, -0.1) is 0 Å². The molecule has 0 bridgehead atoms. The molecule has 1 aromatic rings. The number of nitrogen functional groups attached to an aromatic ring is 1. The molecule has 0 unspecified atom stereocenters. The van der Waals surface area contributed by atoms with Gasteiger partial charge in [0, 0.05) is 29.3 Å². The molecule has 5 nitrogen and oxygen atoms in total. The molecule has 0 radical (unpaired) electrons. The van der Waals surface area contributed by atoms with Crippen LogP contribution in [-0.2, 0) is 4.79 Å². The molecule has 1 aliphatic rings. The second kappa shape index (κ2) is 11.0. The lowest BCUT2D eigenvalue weighted by atomic mass is 10.1. The largest absolute Gasteiger partial charge is 0.399 e. The van der Waals surface area contributed by atoms with Crippen LogP contribution in [0, 0.1) is 0 Å². The molecule has 0 atom stereocenters. The van der Waals surface area contributed by atoms with Gasteiger partial charge in [-0.2, -0.15) is 5.10 Å². The third-order valence-corrected chi connectivity index (χ3v) is 4.06. The maximum Gasteiger partial charge on any atom is 0.198 e. The predicted molar refractivity (Wildman–Crippen MR) is 119 cm³/mol. The Morgan fingerprint density at radius 2 is 2.07 bits per heavy atom. The quantitative estimate of drug-likeness (QED) is 0.416. The number of carbonyl (C=O) groups is 1. The molecule has 27 heavy (non-hydrogen) atoms. The fraction of sp³-hybridized carbons (Fsp3) is 0.190. The zero-order chi connectivity index (χ0) is 20.4.